The summed E-state index contributed by atoms with van der Waals surface area (Å²) < 4.78 is 10.2. The quantitative estimate of drug-likeness (QED) is 0.0989. The minimum absolute atomic E-state index is 0.308. The molecule has 11 nitrogen and oxygen atoms in total. The molecule has 5 aromatic rings. The maximum atomic E-state index is 13.8. The fourth-order valence-electron chi connectivity index (χ4n) is 5.98. The predicted octanol–water partition coefficient (Wildman–Crippen LogP) is 7.93. The zero-order valence-electron chi connectivity index (χ0n) is 31.8. The molecule has 0 aliphatic heterocycles. The highest BCUT2D eigenvalue weighted by Gasteiger charge is 2.22. The summed E-state index contributed by atoms with van der Waals surface area (Å²) in [5.74, 6) is -0.741. The lowest BCUT2D eigenvalue weighted by molar-refractivity contribution is 0.0286. The van der Waals surface area contributed by atoms with E-state index < -0.39 is 5.60 Å². The number of hydrogen-bond acceptors (Lipinski definition) is 7. The molecule has 4 aromatic carbocycles. The maximum absolute atomic E-state index is 13.8. The van der Waals surface area contributed by atoms with Crippen LogP contribution in [-0.2, 0) is 28.9 Å². The molecule has 0 bridgehead atoms. The van der Waals surface area contributed by atoms with E-state index in [2.05, 4.69) is 20.5 Å². The number of aromatic nitrogens is 1. The number of methoxy groups -OCH3 is 1. The molecular weight excluding hydrogens is 683 g/mol. The highest BCUT2D eigenvalue weighted by atomic mass is 16.6. The second kappa shape index (κ2) is 17.7. The first-order valence-electron chi connectivity index (χ1n) is 18.0. The van der Waals surface area contributed by atoms with E-state index in [1.165, 1.54) is 7.11 Å². The summed E-state index contributed by atoms with van der Waals surface area (Å²) in [4.78, 5) is 58.2. The Morgan fingerprint density at radius 3 is 2.06 bits per heavy atom. The second-order valence-corrected chi connectivity index (χ2v) is 14.4. The number of aryl methyl sites for hydroxylation is 2. The van der Waals surface area contributed by atoms with E-state index in [1.54, 1.807) is 30.1 Å². The Morgan fingerprint density at radius 1 is 0.722 bits per heavy atom. The van der Waals surface area contributed by atoms with Crippen molar-refractivity contribution in [3.63, 3.8) is 0 Å². The monoisotopic (exact) mass is 731 g/mol. The molecular formula is C43H49N5O6. The van der Waals surface area contributed by atoms with Gasteiger partial charge in [-0.05, 0) is 106 Å². The normalized spacial score (nSPS) is 11.3. The number of nitrogens with zero attached hydrogens (tertiary/aromatic N) is 2. The number of rotatable bonds is 14. The van der Waals surface area contributed by atoms with Crippen LogP contribution in [0.4, 0.5) is 16.3 Å². The van der Waals surface area contributed by atoms with Gasteiger partial charge in [0.2, 0.25) is 0 Å². The molecule has 1 heterocycles. The summed E-state index contributed by atoms with van der Waals surface area (Å²) in [5.41, 5.74) is 5.33. The average Bonchev–Trinajstić information content (AvgIpc) is 3.51. The van der Waals surface area contributed by atoms with Crippen LogP contribution in [0.2, 0.25) is 0 Å². The number of aromatic amines is 1. The molecule has 0 saturated heterocycles. The summed E-state index contributed by atoms with van der Waals surface area (Å²) in [6.45, 7) is 7.17. The van der Waals surface area contributed by atoms with Gasteiger partial charge in [0.1, 0.15) is 11.4 Å². The number of fused-ring (bicyclic) bond motifs is 1. The number of carbonyl (C=O) groups is 4. The number of amides is 3. The molecule has 0 spiro atoms. The lowest BCUT2D eigenvalue weighted by Crippen LogP contribution is -2.38. The molecule has 0 fully saturated rings. The Kier molecular flexibility index (Phi) is 12.9. The van der Waals surface area contributed by atoms with Crippen molar-refractivity contribution in [2.45, 2.75) is 52.2 Å². The summed E-state index contributed by atoms with van der Waals surface area (Å²) in [7, 11) is 5.04. The summed E-state index contributed by atoms with van der Waals surface area (Å²) in [6.07, 6.45) is 2.28. The zero-order chi connectivity index (χ0) is 38.8. The number of carbonyl (C=O) groups excluding carboxylic acids is 4. The molecule has 0 aliphatic carbocycles. The number of hydrogen-bond donors (Lipinski definition) is 3. The SMILES string of the molecule is COC(=O)c1ccc(CCCc2ccc(NC(=O)c3c(NC(=O)c4cccc(CN(C)CCN(C)C(=O)OC(C)(C)C)c4)[nH]c4ccccc34)cc2)cc1. The Labute approximate surface area is 316 Å². The van der Waals surface area contributed by atoms with E-state index in [4.69, 9.17) is 9.47 Å². The highest BCUT2D eigenvalue weighted by Crippen LogP contribution is 2.28. The summed E-state index contributed by atoms with van der Waals surface area (Å²) in [6, 6.07) is 30.0. The Balaban J connectivity index is 1.19. The van der Waals surface area contributed by atoms with Crippen LogP contribution < -0.4 is 10.6 Å². The number of ether oxygens (including phenoxy) is 2. The fraction of sp³-hybridized carbons (Fsp3) is 0.302. The van der Waals surface area contributed by atoms with Gasteiger partial charge in [0.05, 0.1) is 18.2 Å². The van der Waals surface area contributed by atoms with Crippen molar-refractivity contribution in [3.05, 3.63) is 130 Å². The Hall–Kier alpha value is -5.94. The summed E-state index contributed by atoms with van der Waals surface area (Å²) in [5, 5.41) is 6.63. The third kappa shape index (κ3) is 10.8. The Bertz CT molecular complexity index is 2080. The van der Waals surface area contributed by atoms with Crippen LogP contribution in [0, 0.1) is 0 Å². The lowest BCUT2D eigenvalue weighted by Gasteiger charge is -2.26. The van der Waals surface area contributed by atoms with E-state index >= 15 is 0 Å². The van der Waals surface area contributed by atoms with Gasteiger partial charge in [-0.2, -0.15) is 0 Å². The molecule has 3 amide bonds. The van der Waals surface area contributed by atoms with Gasteiger partial charge in [-0.1, -0.05) is 54.6 Å². The number of anilines is 2. The molecule has 1 aromatic heterocycles. The van der Waals surface area contributed by atoms with Crippen LogP contribution in [-0.4, -0.2) is 78.6 Å². The van der Waals surface area contributed by atoms with Gasteiger partial charge >= 0.3 is 12.1 Å². The number of H-pyrrole nitrogens is 1. The molecule has 0 saturated carbocycles. The average molecular weight is 732 g/mol. The number of nitrogens with one attached hydrogen (secondary N) is 3. The molecule has 0 atom stereocenters. The van der Waals surface area contributed by atoms with Crippen LogP contribution in [0.1, 0.15) is 75.0 Å². The minimum Gasteiger partial charge on any atom is -0.465 e. The van der Waals surface area contributed by atoms with Crippen LogP contribution >= 0.6 is 0 Å². The van der Waals surface area contributed by atoms with Gasteiger partial charge in [0, 0.05) is 48.8 Å². The van der Waals surface area contributed by atoms with E-state index in [0.29, 0.717) is 53.2 Å². The maximum Gasteiger partial charge on any atom is 0.410 e. The fourth-order valence-corrected chi connectivity index (χ4v) is 5.98. The largest absolute Gasteiger partial charge is 0.465 e. The number of likely N-dealkylation sites (N-methyl/N-ethyl adjacent to an activating group) is 2. The van der Waals surface area contributed by atoms with Crippen molar-refractivity contribution >= 4 is 46.3 Å². The molecule has 3 N–H and O–H groups in total. The van der Waals surface area contributed by atoms with Crippen molar-refractivity contribution in [2.75, 3.05) is 44.9 Å². The van der Waals surface area contributed by atoms with Crippen molar-refractivity contribution in [3.8, 4) is 0 Å². The van der Waals surface area contributed by atoms with E-state index in [-0.39, 0.29) is 23.9 Å². The number of esters is 1. The molecule has 0 radical (unpaired) electrons. The van der Waals surface area contributed by atoms with Gasteiger partial charge in [-0.15, -0.1) is 0 Å². The van der Waals surface area contributed by atoms with Crippen LogP contribution in [0.15, 0.2) is 97.1 Å². The molecule has 0 aliphatic rings. The molecule has 282 valence electrons. The Morgan fingerprint density at radius 2 is 1.39 bits per heavy atom. The first-order valence-corrected chi connectivity index (χ1v) is 18.0. The van der Waals surface area contributed by atoms with Crippen LogP contribution in [0.25, 0.3) is 10.9 Å². The van der Waals surface area contributed by atoms with Crippen molar-refractivity contribution in [2.24, 2.45) is 0 Å². The van der Waals surface area contributed by atoms with Crippen molar-refractivity contribution in [1.82, 2.24) is 14.8 Å². The van der Waals surface area contributed by atoms with Crippen molar-refractivity contribution in [1.29, 1.82) is 0 Å². The topological polar surface area (TPSA) is 133 Å². The predicted molar refractivity (Wildman–Crippen MR) is 212 cm³/mol. The van der Waals surface area contributed by atoms with Gasteiger partial charge in [0.25, 0.3) is 11.8 Å². The third-order valence-electron chi connectivity index (χ3n) is 8.85. The smallest absolute Gasteiger partial charge is 0.410 e. The first kappa shape index (κ1) is 39.3. The van der Waals surface area contributed by atoms with Crippen molar-refractivity contribution < 1.29 is 28.7 Å². The van der Waals surface area contributed by atoms with Crippen LogP contribution in [0.5, 0.6) is 0 Å². The van der Waals surface area contributed by atoms with Gasteiger partial charge in [-0.3, -0.25) is 9.59 Å². The number of para-hydroxylation sites is 1. The highest BCUT2D eigenvalue weighted by molar-refractivity contribution is 6.19. The minimum atomic E-state index is -0.560. The molecule has 11 heteroatoms. The van der Waals surface area contributed by atoms with Crippen LogP contribution in [0.3, 0.4) is 0 Å². The summed E-state index contributed by atoms with van der Waals surface area (Å²) >= 11 is 0. The number of benzene rings is 4. The molecule has 0 unspecified atom stereocenters. The van der Waals surface area contributed by atoms with E-state index in [9.17, 15) is 19.2 Å². The third-order valence-corrected chi connectivity index (χ3v) is 8.85. The first-order chi connectivity index (χ1) is 25.8. The zero-order valence-corrected chi connectivity index (χ0v) is 31.8. The lowest BCUT2D eigenvalue weighted by atomic mass is 10.0. The van der Waals surface area contributed by atoms with Gasteiger partial charge < -0.3 is 34.9 Å². The van der Waals surface area contributed by atoms with E-state index in [1.807, 2.05) is 107 Å². The molecule has 5 rings (SSSR count). The molecule has 54 heavy (non-hydrogen) atoms. The standard InChI is InChI=1S/C43H49N5O6/c1-43(2,3)54-42(52)48(5)26-25-47(4)28-31-13-10-14-33(27-31)39(49)46-38-37(35-15-7-8-16-36(35)45-38)40(50)44-34-23-19-30(20-24-34)12-9-11-29-17-21-32(22-18-29)41(51)53-6/h7-8,10,13-24,27,45H,9,11-12,25-26,28H2,1-6H3,(H,44,50)(H,46,49). The van der Waals surface area contributed by atoms with Gasteiger partial charge in [0.15, 0.2) is 0 Å². The van der Waals surface area contributed by atoms with E-state index in [0.717, 1.165) is 41.5 Å². The van der Waals surface area contributed by atoms with Gasteiger partial charge in [-0.25, -0.2) is 9.59 Å². The second-order valence-electron chi connectivity index (χ2n) is 14.4.